The van der Waals surface area contributed by atoms with E-state index in [0.717, 1.165) is 0 Å². The zero-order valence-electron chi connectivity index (χ0n) is 10.2. The first-order valence-corrected chi connectivity index (χ1v) is 6.42. The van der Waals surface area contributed by atoms with Crippen LogP contribution < -0.4 is 15.8 Å². The Hall–Kier alpha value is -1.75. The molecule has 96 valence electrons. The number of benzene rings is 1. The van der Waals surface area contributed by atoms with Crippen LogP contribution in [0.2, 0.25) is 0 Å². The average molecular weight is 266 g/mol. The maximum Gasteiger partial charge on any atom is 0.167 e. The highest BCUT2D eigenvalue weighted by Crippen LogP contribution is 2.31. The molecule has 3 N–H and O–H groups in total. The topological polar surface area (TPSA) is 47.3 Å². The Kier molecular flexibility index (Phi) is 3.72. The van der Waals surface area contributed by atoms with Crippen molar-refractivity contribution in [3.63, 3.8) is 0 Å². The van der Waals surface area contributed by atoms with E-state index in [4.69, 9.17) is 10.5 Å². The fraction of sp³-hybridized carbons (Fsp3) is 0.231. The largest absolute Gasteiger partial charge is 0.494 e. The summed E-state index contributed by atoms with van der Waals surface area (Å²) in [5.74, 6) is -0.269. The SMILES string of the molecule is COc1cc(NC(C)c2cccs2)c(N)cc1F. The minimum atomic E-state index is -0.454. The number of halogens is 1. The molecule has 2 rings (SSSR count). The summed E-state index contributed by atoms with van der Waals surface area (Å²) in [6.45, 7) is 2.03. The van der Waals surface area contributed by atoms with Crippen LogP contribution in [0.4, 0.5) is 15.8 Å². The Morgan fingerprint density at radius 3 is 2.83 bits per heavy atom. The lowest BCUT2D eigenvalue weighted by atomic mass is 10.2. The third-order valence-corrected chi connectivity index (χ3v) is 3.72. The predicted molar refractivity (Wildman–Crippen MR) is 73.7 cm³/mol. The summed E-state index contributed by atoms with van der Waals surface area (Å²) in [5, 5.41) is 5.27. The number of anilines is 2. The van der Waals surface area contributed by atoms with Gasteiger partial charge in [0.15, 0.2) is 11.6 Å². The summed E-state index contributed by atoms with van der Waals surface area (Å²) in [7, 11) is 1.43. The molecule has 1 aromatic carbocycles. The van der Waals surface area contributed by atoms with Gasteiger partial charge in [0, 0.05) is 17.0 Å². The zero-order chi connectivity index (χ0) is 13.1. The molecule has 18 heavy (non-hydrogen) atoms. The predicted octanol–water partition coefficient (Wildman–Crippen LogP) is 3.65. The van der Waals surface area contributed by atoms with Crippen molar-refractivity contribution in [3.8, 4) is 5.75 Å². The fourth-order valence-electron chi connectivity index (χ4n) is 1.69. The number of nitrogens with one attached hydrogen (secondary N) is 1. The van der Waals surface area contributed by atoms with Gasteiger partial charge in [-0.25, -0.2) is 4.39 Å². The molecule has 0 radical (unpaired) electrons. The maximum absolute atomic E-state index is 13.4. The molecule has 1 heterocycles. The van der Waals surface area contributed by atoms with Crippen LogP contribution in [0.3, 0.4) is 0 Å². The first-order chi connectivity index (χ1) is 8.61. The fourth-order valence-corrected chi connectivity index (χ4v) is 2.43. The van der Waals surface area contributed by atoms with E-state index in [1.54, 1.807) is 17.4 Å². The van der Waals surface area contributed by atoms with Gasteiger partial charge in [0.2, 0.25) is 0 Å². The molecule has 0 spiro atoms. The van der Waals surface area contributed by atoms with Crippen LogP contribution in [0.15, 0.2) is 29.6 Å². The van der Waals surface area contributed by atoms with Crippen LogP contribution in [0.25, 0.3) is 0 Å². The molecule has 0 amide bonds. The van der Waals surface area contributed by atoms with Crippen LogP contribution in [0.5, 0.6) is 5.75 Å². The highest BCUT2D eigenvalue weighted by molar-refractivity contribution is 7.10. The smallest absolute Gasteiger partial charge is 0.167 e. The van der Waals surface area contributed by atoms with Gasteiger partial charge in [0.05, 0.1) is 24.5 Å². The van der Waals surface area contributed by atoms with E-state index in [-0.39, 0.29) is 11.8 Å². The third-order valence-electron chi connectivity index (χ3n) is 2.67. The summed E-state index contributed by atoms with van der Waals surface area (Å²) in [4.78, 5) is 1.19. The van der Waals surface area contributed by atoms with Crippen LogP contribution in [-0.4, -0.2) is 7.11 Å². The lowest BCUT2D eigenvalue weighted by molar-refractivity contribution is 0.387. The normalized spacial score (nSPS) is 12.2. The van der Waals surface area contributed by atoms with E-state index in [1.165, 1.54) is 18.1 Å². The van der Waals surface area contributed by atoms with E-state index < -0.39 is 5.82 Å². The van der Waals surface area contributed by atoms with Gasteiger partial charge < -0.3 is 15.8 Å². The molecule has 0 fully saturated rings. The van der Waals surface area contributed by atoms with Crippen LogP contribution >= 0.6 is 11.3 Å². The molecule has 3 nitrogen and oxygen atoms in total. The maximum atomic E-state index is 13.4. The summed E-state index contributed by atoms with van der Waals surface area (Å²) in [5.41, 5.74) is 6.84. The standard InChI is InChI=1S/C13H15FN2OS/c1-8(13-4-3-5-18-13)16-11-7-12(17-2)9(14)6-10(11)15/h3-8,16H,15H2,1-2H3. The molecule has 2 aromatic rings. The minimum Gasteiger partial charge on any atom is -0.494 e. The Morgan fingerprint density at radius 2 is 2.22 bits per heavy atom. The Balaban J connectivity index is 2.23. The third kappa shape index (κ3) is 2.56. The first-order valence-electron chi connectivity index (χ1n) is 5.54. The summed E-state index contributed by atoms with van der Waals surface area (Å²) in [6.07, 6.45) is 0. The lowest BCUT2D eigenvalue weighted by Crippen LogP contribution is -2.07. The highest BCUT2D eigenvalue weighted by atomic mass is 32.1. The van der Waals surface area contributed by atoms with E-state index in [2.05, 4.69) is 5.32 Å². The molecule has 0 aliphatic heterocycles. The van der Waals surface area contributed by atoms with Crippen molar-refractivity contribution in [1.29, 1.82) is 0 Å². The van der Waals surface area contributed by atoms with Crippen molar-refractivity contribution in [2.75, 3.05) is 18.2 Å². The van der Waals surface area contributed by atoms with Gasteiger partial charge in [-0.15, -0.1) is 11.3 Å². The van der Waals surface area contributed by atoms with Gasteiger partial charge in [-0.05, 0) is 18.4 Å². The molecule has 0 saturated heterocycles. The number of methoxy groups -OCH3 is 1. The second-order valence-electron chi connectivity index (χ2n) is 3.96. The van der Waals surface area contributed by atoms with Crippen LogP contribution in [0.1, 0.15) is 17.8 Å². The average Bonchev–Trinajstić information content (AvgIpc) is 2.86. The van der Waals surface area contributed by atoms with Gasteiger partial charge in [-0.2, -0.15) is 0 Å². The van der Waals surface area contributed by atoms with Crippen molar-refractivity contribution in [1.82, 2.24) is 0 Å². The van der Waals surface area contributed by atoms with Gasteiger partial charge in [-0.1, -0.05) is 6.07 Å². The molecule has 0 saturated carbocycles. The summed E-state index contributed by atoms with van der Waals surface area (Å²) < 4.78 is 18.4. The van der Waals surface area contributed by atoms with Gasteiger partial charge in [0.1, 0.15) is 0 Å². The zero-order valence-corrected chi connectivity index (χ0v) is 11.1. The molecule has 1 atom stereocenters. The van der Waals surface area contributed by atoms with E-state index in [9.17, 15) is 4.39 Å². The van der Waals surface area contributed by atoms with Gasteiger partial charge >= 0.3 is 0 Å². The van der Waals surface area contributed by atoms with E-state index in [1.807, 2.05) is 24.4 Å². The van der Waals surface area contributed by atoms with Crippen molar-refractivity contribution in [2.24, 2.45) is 0 Å². The van der Waals surface area contributed by atoms with Crippen molar-refractivity contribution in [2.45, 2.75) is 13.0 Å². The quantitative estimate of drug-likeness (QED) is 0.830. The summed E-state index contributed by atoms with van der Waals surface area (Å²) in [6, 6.07) is 6.99. The van der Waals surface area contributed by atoms with Crippen LogP contribution in [0, 0.1) is 5.82 Å². The number of hydrogen-bond acceptors (Lipinski definition) is 4. The lowest BCUT2D eigenvalue weighted by Gasteiger charge is -2.16. The molecule has 0 bridgehead atoms. The highest BCUT2D eigenvalue weighted by Gasteiger charge is 2.12. The van der Waals surface area contributed by atoms with Crippen molar-refractivity contribution >= 4 is 22.7 Å². The Labute approximate surface area is 109 Å². The first kappa shape index (κ1) is 12.7. The van der Waals surface area contributed by atoms with Gasteiger partial charge in [-0.3, -0.25) is 0 Å². The monoisotopic (exact) mass is 266 g/mol. The van der Waals surface area contributed by atoms with E-state index in [0.29, 0.717) is 11.4 Å². The molecular formula is C13H15FN2OS. The Bertz CT molecular complexity index is 528. The van der Waals surface area contributed by atoms with Gasteiger partial charge in [0.25, 0.3) is 0 Å². The number of hydrogen-bond donors (Lipinski definition) is 2. The number of rotatable bonds is 4. The number of thiophene rings is 1. The second kappa shape index (κ2) is 5.27. The number of nitrogens with two attached hydrogens (primary N) is 1. The summed E-state index contributed by atoms with van der Waals surface area (Å²) >= 11 is 1.66. The molecule has 1 aromatic heterocycles. The van der Waals surface area contributed by atoms with Crippen molar-refractivity contribution < 1.29 is 9.13 Å². The number of nitrogen functional groups attached to an aromatic ring is 1. The van der Waals surface area contributed by atoms with E-state index >= 15 is 0 Å². The van der Waals surface area contributed by atoms with Crippen LogP contribution in [-0.2, 0) is 0 Å². The molecule has 0 aliphatic rings. The number of ether oxygens (including phenoxy) is 1. The Morgan fingerprint density at radius 1 is 1.44 bits per heavy atom. The second-order valence-corrected chi connectivity index (χ2v) is 4.93. The molecular weight excluding hydrogens is 251 g/mol. The molecule has 0 aliphatic carbocycles. The van der Waals surface area contributed by atoms with Crippen molar-refractivity contribution in [3.05, 3.63) is 40.3 Å². The minimum absolute atomic E-state index is 0.113. The molecule has 1 unspecified atom stereocenters. The molecule has 5 heteroatoms.